The largest absolute Gasteiger partial charge is 0.374 e. The Bertz CT molecular complexity index is 398. The molecule has 0 saturated carbocycles. The van der Waals surface area contributed by atoms with Gasteiger partial charge in [-0.1, -0.05) is 19.8 Å². The van der Waals surface area contributed by atoms with Crippen molar-refractivity contribution in [2.24, 2.45) is 0 Å². The molecule has 0 spiro atoms. The number of hydrogen-bond acceptors (Lipinski definition) is 5. The number of rotatable bonds is 6. The summed E-state index contributed by atoms with van der Waals surface area (Å²) in [6.07, 6.45) is 3.15. The van der Waals surface area contributed by atoms with E-state index >= 15 is 0 Å². The zero-order valence-corrected chi connectivity index (χ0v) is 10.0. The second-order valence-electron chi connectivity index (χ2n) is 3.42. The Labute approximate surface area is 97.5 Å². The number of carbonyl (C=O) groups excluding carboxylic acids is 1. The molecule has 3 N–H and O–H groups in total. The fourth-order valence-electron chi connectivity index (χ4n) is 1.22. The van der Waals surface area contributed by atoms with Gasteiger partial charge in [-0.2, -0.15) is 0 Å². The van der Waals surface area contributed by atoms with Crippen LogP contribution in [0.4, 0.5) is 5.13 Å². The summed E-state index contributed by atoms with van der Waals surface area (Å²) in [5.74, 6) is -0.205. The van der Waals surface area contributed by atoms with Gasteiger partial charge in [-0.15, -0.1) is 5.10 Å². The van der Waals surface area contributed by atoms with Crippen LogP contribution in [0.2, 0.25) is 0 Å². The quantitative estimate of drug-likeness (QED) is 0.699. The number of unbranched alkanes of at least 4 members (excludes halogenated alkanes) is 2. The molecule has 0 fully saturated rings. The molecule has 90 valence electrons. The summed E-state index contributed by atoms with van der Waals surface area (Å²) in [6, 6.07) is 0. The van der Waals surface area contributed by atoms with Crippen LogP contribution in [-0.2, 0) is 11.3 Å². The van der Waals surface area contributed by atoms with Crippen LogP contribution in [0.3, 0.4) is 0 Å². The molecule has 0 aliphatic carbocycles. The van der Waals surface area contributed by atoms with Crippen molar-refractivity contribution in [3.8, 4) is 0 Å². The number of nitrogens with one attached hydrogen (secondary N) is 1. The minimum absolute atomic E-state index is 0.0569. The SMILES string of the molecule is CCCCCNC(=O)Cn1nc(N)sc1=O. The predicted octanol–water partition coefficient (Wildman–Crippen LogP) is 0.193. The van der Waals surface area contributed by atoms with Crippen LogP contribution >= 0.6 is 11.3 Å². The van der Waals surface area contributed by atoms with Crippen molar-refractivity contribution < 1.29 is 4.79 Å². The molecule has 1 aromatic rings. The lowest BCUT2D eigenvalue weighted by Gasteiger charge is -2.03. The Morgan fingerprint density at radius 1 is 1.56 bits per heavy atom. The summed E-state index contributed by atoms with van der Waals surface area (Å²) < 4.78 is 1.08. The third-order valence-electron chi connectivity index (χ3n) is 2.02. The highest BCUT2D eigenvalue weighted by atomic mass is 32.1. The molecule has 1 aromatic heterocycles. The lowest BCUT2D eigenvalue weighted by atomic mass is 10.2. The second-order valence-corrected chi connectivity index (χ2v) is 4.39. The van der Waals surface area contributed by atoms with Gasteiger partial charge in [0.05, 0.1) is 0 Å². The fourth-order valence-corrected chi connectivity index (χ4v) is 1.75. The normalized spacial score (nSPS) is 10.3. The molecule has 1 rings (SSSR count). The first-order valence-electron chi connectivity index (χ1n) is 5.23. The molecular formula is C9H16N4O2S. The molecule has 6 nitrogen and oxygen atoms in total. The van der Waals surface area contributed by atoms with Crippen LogP contribution in [0.15, 0.2) is 4.79 Å². The van der Waals surface area contributed by atoms with E-state index in [2.05, 4.69) is 17.3 Å². The van der Waals surface area contributed by atoms with Gasteiger partial charge in [0.1, 0.15) is 6.54 Å². The molecule has 7 heteroatoms. The molecule has 1 heterocycles. The maximum atomic E-state index is 11.4. The van der Waals surface area contributed by atoms with Crippen LogP contribution in [0.1, 0.15) is 26.2 Å². The van der Waals surface area contributed by atoms with Crippen LogP contribution in [0.25, 0.3) is 0 Å². The topological polar surface area (TPSA) is 90.0 Å². The first-order valence-corrected chi connectivity index (χ1v) is 6.05. The Hall–Kier alpha value is -1.37. The molecule has 0 unspecified atom stereocenters. The van der Waals surface area contributed by atoms with Gasteiger partial charge < -0.3 is 11.1 Å². The Morgan fingerprint density at radius 3 is 2.88 bits per heavy atom. The van der Waals surface area contributed by atoms with Gasteiger partial charge in [0, 0.05) is 6.54 Å². The number of nitrogens with two attached hydrogens (primary N) is 1. The van der Waals surface area contributed by atoms with Gasteiger partial charge in [0.15, 0.2) is 0 Å². The molecule has 0 aromatic carbocycles. The van der Waals surface area contributed by atoms with E-state index in [1.807, 2.05) is 0 Å². The van der Waals surface area contributed by atoms with Crippen molar-refractivity contribution in [3.63, 3.8) is 0 Å². The minimum atomic E-state index is -0.304. The van der Waals surface area contributed by atoms with Gasteiger partial charge in [0.2, 0.25) is 11.0 Å². The summed E-state index contributed by atoms with van der Waals surface area (Å²) in [7, 11) is 0. The van der Waals surface area contributed by atoms with Crippen molar-refractivity contribution in [3.05, 3.63) is 9.67 Å². The smallest absolute Gasteiger partial charge is 0.327 e. The molecule has 0 bridgehead atoms. The van der Waals surface area contributed by atoms with Crippen LogP contribution in [0, 0.1) is 0 Å². The Balaban J connectivity index is 2.34. The monoisotopic (exact) mass is 244 g/mol. The summed E-state index contributed by atoms with van der Waals surface area (Å²) in [4.78, 5) is 22.3. The highest BCUT2D eigenvalue weighted by Crippen LogP contribution is 1.98. The zero-order valence-electron chi connectivity index (χ0n) is 9.23. The minimum Gasteiger partial charge on any atom is -0.374 e. The fraction of sp³-hybridized carbons (Fsp3) is 0.667. The number of anilines is 1. The molecule has 0 saturated heterocycles. The Kier molecular flexibility index (Phi) is 4.97. The Morgan fingerprint density at radius 2 is 2.31 bits per heavy atom. The summed E-state index contributed by atoms with van der Waals surface area (Å²) in [5.41, 5.74) is 5.35. The van der Waals surface area contributed by atoms with E-state index in [1.54, 1.807) is 0 Å². The summed E-state index contributed by atoms with van der Waals surface area (Å²) in [5, 5.41) is 6.65. The maximum absolute atomic E-state index is 11.4. The van der Waals surface area contributed by atoms with E-state index in [-0.39, 0.29) is 22.5 Å². The van der Waals surface area contributed by atoms with Gasteiger partial charge in [-0.25, -0.2) is 4.68 Å². The van der Waals surface area contributed by atoms with Crippen LogP contribution < -0.4 is 15.9 Å². The lowest BCUT2D eigenvalue weighted by molar-refractivity contribution is -0.121. The van der Waals surface area contributed by atoms with Gasteiger partial charge >= 0.3 is 4.87 Å². The molecular weight excluding hydrogens is 228 g/mol. The van der Waals surface area contributed by atoms with E-state index in [0.717, 1.165) is 35.3 Å². The lowest BCUT2D eigenvalue weighted by Crippen LogP contribution is -2.31. The van der Waals surface area contributed by atoms with E-state index in [0.29, 0.717) is 6.54 Å². The molecule has 1 amide bonds. The average Bonchev–Trinajstić information content (AvgIpc) is 2.52. The standard InChI is InChI=1S/C9H16N4O2S/c1-2-3-4-5-11-7(14)6-13-9(15)16-8(10)12-13/h2-6H2,1H3,(H2,10,12)(H,11,14). The second kappa shape index (κ2) is 6.26. The van der Waals surface area contributed by atoms with Crippen molar-refractivity contribution in [2.75, 3.05) is 12.3 Å². The highest BCUT2D eigenvalue weighted by Gasteiger charge is 2.07. The first kappa shape index (κ1) is 12.7. The van der Waals surface area contributed by atoms with E-state index in [4.69, 9.17) is 5.73 Å². The number of amides is 1. The number of hydrogen-bond donors (Lipinski definition) is 2. The first-order chi connectivity index (χ1) is 7.63. The van der Waals surface area contributed by atoms with Crippen molar-refractivity contribution in [1.29, 1.82) is 0 Å². The van der Waals surface area contributed by atoms with E-state index < -0.39 is 0 Å². The third kappa shape index (κ3) is 4.01. The maximum Gasteiger partial charge on any atom is 0.327 e. The number of nitrogens with zero attached hydrogens (tertiary/aromatic N) is 2. The zero-order chi connectivity index (χ0) is 12.0. The average molecular weight is 244 g/mol. The van der Waals surface area contributed by atoms with Crippen molar-refractivity contribution in [1.82, 2.24) is 15.1 Å². The van der Waals surface area contributed by atoms with Gasteiger partial charge in [-0.3, -0.25) is 9.59 Å². The van der Waals surface area contributed by atoms with Crippen molar-refractivity contribution in [2.45, 2.75) is 32.7 Å². The van der Waals surface area contributed by atoms with Crippen molar-refractivity contribution >= 4 is 22.4 Å². The molecule has 16 heavy (non-hydrogen) atoms. The summed E-state index contributed by atoms with van der Waals surface area (Å²) >= 11 is 0.837. The number of carbonyl (C=O) groups is 1. The predicted molar refractivity (Wildman–Crippen MR) is 63.3 cm³/mol. The van der Waals surface area contributed by atoms with Crippen LogP contribution in [0.5, 0.6) is 0 Å². The van der Waals surface area contributed by atoms with E-state index in [1.165, 1.54) is 0 Å². The van der Waals surface area contributed by atoms with Gasteiger partial charge in [0.25, 0.3) is 0 Å². The molecule has 0 aliphatic heterocycles. The van der Waals surface area contributed by atoms with Crippen LogP contribution in [-0.4, -0.2) is 22.2 Å². The number of aromatic nitrogens is 2. The molecule has 0 atom stereocenters. The molecule has 0 radical (unpaired) electrons. The van der Waals surface area contributed by atoms with Gasteiger partial charge in [-0.05, 0) is 17.8 Å². The molecule has 0 aliphatic rings. The third-order valence-corrected chi connectivity index (χ3v) is 2.69. The summed E-state index contributed by atoms with van der Waals surface area (Å²) in [6.45, 7) is 2.68. The highest BCUT2D eigenvalue weighted by molar-refractivity contribution is 7.12. The number of nitrogen functional groups attached to an aromatic ring is 1. The van der Waals surface area contributed by atoms with E-state index in [9.17, 15) is 9.59 Å².